The number of benzene rings is 1. The van der Waals surface area contributed by atoms with Gasteiger partial charge in [-0.05, 0) is 18.6 Å². The van der Waals surface area contributed by atoms with Gasteiger partial charge in [0.15, 0.2) is 4.80 Å². The van der Waals surface area contributed by atoms with Gasteiger partial charge in [0.25, 0.3) is 5.91 Å². The van der Waals surface area contributed by atoms with Crippen LogP contribution in [0.4, 0.5) is 0 Å². The Morgan fingerprint density at radius 2 is 2.00 bits per heavy atom. The molecule has 0 fully saturated rings. The van der Waals surface area contributed by atoms with E-state index in [1.807, 2.05) is 35.8 Å². The number of esters is 1. The Kier molecular flexibility index (Phi) is 5.13. The number of carbonyl (C=O) groups excluding carboxylic acids is 2. The van der Waals surface area contributed by atoms with Gasteiger partial charge in [-0.2, -0.15) is 4.99 Å². The molecule has 2 aromatic rings. The maximum atomic E-state index is 12.1. The number of para-hydroxylation sites is 1. The molecule has 0 bridgehead atoms. The van der Waals surface area contributed by atoms with Crippen molar-refractivity contribution in [3.63, 3.8) is 0 Å². The molecule has 0 aliphatic carbocycles. The minimum Gasteiger partial charge on any atom is -0.467 e. The van der Waals surface area contributed by atoms with Crippen molar-refractivity contribution in [2.24, 2.45) is 10.9 Å². The van der Waals surface area contributed by atoms with Crippen molar-refractivity contribution in [1.82, 2.24) is 4.57 Å². The largest absolute Gasteiger partial charge is 0.467 e. The first-order chi connectivity index (χ1) is 10.5. The van der Waals surface area contributed by atoms with Gasteiger partial charge in [0.2, 0.25) is 0 Å². The second kappa shape index (κ2) is 6.87. The van der Waals surface area contributed by atoms with Gasteiger partial charge in [0, 0.05) is 5.92 Å². The summed E-state index contributed by atoms with van der Waals surface area (Å²) in [4.78, 5) is 28.8. The zero-order chi connectivity index (χ0) is 16.3. The molecule has 0 saturated heterocycles. The van der Waals surface area contributed by atoms with E-state index in [9.17, 15) is 9.59 Å². The number of nitrogens with zero attached hydrogens (tertiary/aromatic N) is 2. The summed E-state index contributed by atoms with van der Waals surface area (Å²) in [5, 5.41) is 0. The fourth-order valence-electron chi connectivity index (χ4n) is 2.18. The number of thiazole rings is 1. The quantitative estimate of drug-likeness (QED) is 0.814. The molecule has 22 heavy (non-hydrogen) atoms. The maximum Gasteiger partial charge on any atom is 0.328 e. The van der Waals surface area contributed by atoms with E-state index in [0.29, 0.717) is 11.2 Å². The van der Waals surface area contributed by atoms with Crippen LogP contribution in [0.3, 0.4) is 0 Å². The van der Waals surface area contributed by atoms with Crippen molar-refractivity contribution in [3.05, 3.63) is 29.1 Å². The van der Waals surface area contributed by atoms with E-state index < -0.39 is 6.04 Å². The van der Waals surface area contributed by atoms with Gasteiger partial charge in [0.1, 0.15) is 6.04 Å². The van der Waals surface area contributed by atoms with Crippen LogP contribution in [-0.4, -0.2) is 23.6 Å². The van der Waals surface area contributed by atoms with Crippen LogP contribution in [0.1, 0.15) is 33.2 Å². The van der Waals surface area contributed by atoms with Gasteiger partial charge in [-0.25, -0.2) is 4.79 Å². The van der Waals surface area contributed by atoms with E-state index in [2.05, 4.69) is 4.99 Å². The van der Waals surface area contributed by atoms with E-state index in [1.54, 1.807) is 13.8 Å². The van der Waals surface area contributed by atoms with Crippen molar-refractivity contribution in [2.75, 3.05) is 7.11 Å². The first-order valence-corrected chi connectivity index (χ1v) is 8.07. The topological polar surface area (TPSA) is 60.7 Å². The molecule has 1 atom stereocenters. The van der Waals surface area contributed by atoms with Crippen LogP contribution in [0.25, 0.3) is 10.2 Å². The molecule has 1 unspecified atom stereocenters. The summed E-state index contributed by atoms with van der Waals surface area (Å²) in [6.45, 7) is 5.53. The second-order valence-electron chi connectivity index (χ2n) is 5.27. The molecule has 1 heterocycles. The third kappa shape index (κ3) is 3.11. The molecule has 0 radical (unpaired) electrons. The first-order valence-electron chi connectivity index (χ1n) is 7.26. The van der Waals surface area contributed by atoms with E-state index >= 15 is 0 Å². The molecule has 118 valence electrons. The van der Waals surface area contributed by atoms with Crippen molar-refractivity contribution in [3.8, 4) is 0 Å². The molecule has 0 N–H and O–H groups in total. The molecule has 0 saturated carbocycles. The van der Waals surface area contributed by atoms with Crippen molar-refractivity contribution in [2.45, 2.75) is 33.2 Å². The zero-order valence-electron chi connectivity index (χ0n) is 13.2. The average Bonchev–Trinajstić information content (AvgIpc) is 2.86. The third-order valence-corrected chi connectivity index (χ3v) is 4.44. The highest BCUT2D eigenvalue weighted by Crippen LogP contribution is 2.23. The summed E-state index contributed by atoms with van der Waals surface area (Å²) in [6, 6.07) is 7.23. The number of hydrogen-bond donors (Lipinski definition) is 0. The molecule has 1 aromatic carbocycles. The zero-order valence-corrected chi connectivity index (χ0v) is 14.0. The summed E-state index contributed by atoms with van der Waals surface area (Å²) in [6.07, 6.45) is 0.566. The lowest BCUT2D eigenvalue weighted by Gasteiger charge is -2.15. The Morgan fingerprint density at radius 3 is 2.59 bits per heavy atom. The van der Waals surface area contributed by atoms with E-state index in [-0.39, 0.29) is 17.8 Å². The number of methoxy groups -OCH3 is 1. The summed E-state index contributed by atoms with van der Waals surface area (Å²) >= 11 is 1.41. The molecule has 1 amide bonds. The van der Waals surface area contributed by atoms with Crippen LogP contribution < -0.4 is 4.80 Å². The molecule has 0 aliphatic heterocycles. The standard InChI is InChI=1S/C16H20N2O3S/c1-5-11(15(20)21-4)18-12-8-6-7-9-13(12)22-16(18)17-14(19)10(2)3/h6-11H,5H2,1-4H3. The van der Waals surface area contributed by atoms with Crippen molar-refractivity contribution in [1.29, 1.82) is 0 Å². The Balaban J connectivity index is 2.73. The minimum atomic E-state index is -0.486. The van der Waals surface area contributed by atoms with Crippen LogP contribution in [0, 0.1) is 5.92 Å². The fraction of sp³-hybridized carbons (Fsp3) is 0.438. The average molecular weight is 320 g/mol. The molecule has 2 rings (SSSR count). The maximum absolute atomic E-state index is 12.1. The number of ether oxygens (including phenoxy) is 1. The smallest absolute Gasteiger partial charge is 0.328 e. The number of fused-ring (bicyclic) bond motifs is 1. The summed E-state index contributed by atoms with van der Waals surface area (Å²) in [5.74, 6) is -0.707. The second-order valence-corrected chi connectivity index (χ2v) is 6.28. The van der Waals surface area contributed by atoms with Crippen LogP contribution in [0.2, 0.25) is 0 Å². The normalized spacial score (nSPS) is 13.6. The van der Waals surface area contributed by atoms with E-state index in [1.165, 1.54) is 18.4 Å². The predicted molar refractivity (Wildman–Crippen MR) is 86.6 cm³/mol. The fourth-order valence-corrected chi connectivity index (χ4v) is 3.26. The van der Waals surface area contributed by atoms with Gasteiger partial charge in [-0.15, -0.1) is 0 Å². The van der Waals surface area contributed by atoms with Crippen LogP contribution >= 0.6 is 11.3 Å². The van der Waals surface area contributed by atoms with Crippen LogP contribution in [0.5, 0.6) is 0 Å². The Bertz CT molecular complexity index is 758. The number of rotatable bonds is 4. The third-order valence-electron chi connectivity index (χ3n) is 3.40. The molecular formula is C16H20N2O3S. The van der Waals surface area contributed by atoms with Crippen molar-refractivity contribution >= 4 is 33.4 Å². The lowest BCUT2D eigenvalue weighted by Crippen LogP contribution is -2.28. The highest BCUT2D eigenvalue weighted by atomic mass is 32.1. The highest BCUT2D eigenvalue weighted by molar-refractivity contribution is 7.16. The number of carbonyl (C=O) groups is 2. The van der Waals surface area contributed by atoms with Gasteiger partial charge in [0.05, 0.1) is 17.3 Å². The van der Waals surface area contributed by atoms with Crippen molar-refractivity contribution < 1.29 is 14.3 Å². The van der Waals surface area contributed by atoms with Crippen LogP contribution in [-0.2, 0) is 14.3 Å². The first kappa shape index (κ1) is 16.4. The molecule has 1 aromatic heterocycles. The minimum absolute atomic E-state index is 0.183. The molecule has 0 spiro atoms. The van der Waals surface area contributed by atoms with E-state index in [4.69, 9.17) is 4.74 Å². The Hall–Kier alpha value is -1.95. The summed E-state index contributed by atoms with van der Waals surface area (Å²) in [7, 11) is 1.37. The van der Waals surface area contributed by atoms with Crippen LogP contribution in [0.15, 0.2) is 29.3 Å². The van der Waals surface area contributed by atoms with Gasteiger partial charge < -0.3 is 9.30 Å². The SMILES string of the molecule is CCC(C(=O)OC)n1c(=NC(=O)C(C)C)sc2ccccc21. The predicted octanol–water partition coefficient (Wildman–Crippen LogP) is 2.91. The highest BCUT2D eigenvalue weighted by Gasteiger charge is 2.23. The molecule has 0 aliphatic rings. The monoisotopic (exact) mass is 320 g/mol. The molecular weight excluding hydrogens is 300 g/mol. The Morgan fingerprint density at radius 1 is 1.32 bits per heavy atom. The summed E-state index contributed by atoms with van der Waals surface area (Å²) < 4.78 is 7.70. The number of amides is 1. The molecule has 6 heteroatoms. The number of hydrogen-bond acceptors (Lipinski definition) is 4. The Labute approximate surface area is 133 Å². The van der Waals surface area contributed by atoms with Gasteiger partial charge in [-0.1, -0.05) is 44.2 Å². The lowest BCUT2D eigenvalue weighted by atomic mass is 10.2. The lowest BCUT2D eigenvalue weighted by molar-refractivity contribution is -0.144. The van der Waals surface area contributed by atoms with E-state index in [0.717, 1.165) is 10.2 Å². The summed E-state index contributed by atoms with van der Waals surface area (Å²) in [5.41, 5.74) is 0.889. The number of aromatic nitrogens is 1. The van der Waals surface area contributed by atoms with Gasteiger partial charge in [-0.3, -0.25) is 4.79 Å². The molecule has 5 nitrogen and oxygen atoms in total. The van der Waals surface area contributed by atoms with Gasteiger partial charge >= 0.3 is 5.97 Å².